The van der Waals surface area contributed by atoms with Crippen LogP contribution in [0.5, 0.6) is 0 Å². The molecule has 0 bridgehead atoms. The Bertz CT molecular complexity index is 402. The van der Waals surface area contributed by atoms with Gasteiger partial charge in [0.25, 0.3) is 0 Å². The van der Waals surface area contributed by atoms with Crippen molar-refractivity contribution in [2.45, 2.75) is 6.11 Å². The van der Waals surface area contributed by atoms with Gasteiger partial charge in [0.15, 0.2) is 0 Å². The van der Waals surface area contributed by atoms with Crippen LogP contribution in [-0.4, -0.2) is 4.89 Å². The molecule has 1 aromatic rings. The highest BCUT2D eigenvalue weighted by Gasteiger charge is 2.36. The van der Waals surface area contributed by atoms with Crippen molar-refractivity contribution in [2.75, 3.05) is 0 Å². The maximum atomic E-state index is 13.2. The summed E-state index contributed by atoms with van der Waals surface area (Å²) in [5.41, 5.74) is -0.556. The monoisotopic (exact) mass is 320 g/mol. The molecule has 3 nitrogen and oxygen atoms in total. The van der Waals surface area contributed by atoms with E-state index in [0.717, 1.165) is 6.07 Å². The summed E-state index contributed by atoms with van der Waals surface area (Å²) in [5.74, 6) is 0. The van der Waals surface area contributed by atoms with Crippen LogP contribution in [0.1, 0.15) is 5.56 Å². The zero-order valence-corrected chi connectivity index (χ0v) is 10.3. The lowest BCUT2D eigenvalue weighted by molar-refractivity contribution is -0.186. The molecule has 0 spiro atoms. The predicted molar refractivity (Wildman–Crippen MR) is 55.4 cm³/mol. The fourth-order valence-corrected chi connectivity index (χ4v) is 2.13. The van der Waals surface area contributed by atoms with Crippen LogP contribution in [0.2, 0.25) is 5.02 Å². The van der Waals surface area contributed by atoms with Crippen molar-refractivity contribution in [2.24, 2.45) is 0 Å². The van der Waals surface area contributed by atoms with Crippen LogP contribution in [0.3, 0.4) is 0 Å². The highest BCUT2D eigenvalue weighted by Crippen LogP contribution is 2.41. The second kappa shape index (κ2) is 4.89. The van der Waals surface area contributed by atoms with E-state index in [1.165, 1.54) is 12.1 Å². The summed E-state index contributed by atoms with van der Waals surface area (Å²) in [7, 11) is -3.72. The molecule has 1 atom stereocenters. The molecule has 15 heavy (non-hydrogen) atoms. The highest BCUT2D eigenvalue weighted by atomic mass is 79.9. The average Bonchev–Trinajstić information content (AvgIpc) is 1.99. The molecule has 1 unspecified atom stereocenters. The molecule has 1 rings (SSSR count). The maximum absolute atomic E-state index is 13.2. The Labute approximate surface area is 98.1 Å². The number of hydrogen-bond acceptors (Lipinski definition) is 2. The minimum Gasteiger partial charge on any atom is -0.326 e. The largest absolute Gasteiger partial charge is 0.390 e. The summed E-state index contributed by atoms with van der Waals surface area (Å²) >= 11 is 8.41. The fraction of sp³-hybridized carbons (Fsp3) is 0.143. The van der Waals surface area contributed by atoms with Gasteiger partial charge in [-0.15, -0.1) is 0 Å². The van der Waals surface area contributed by atoms with Crippen molar-refractivity contribution < 1.29 is 22.8 Å². The second-order valence-corrected chi connectivity index (χ2v) is 4.54. The maximum Gasteiger partial charge on any atom is 0.390 e. The minimum atomic E-state index is -3.83. The molecule has 0 aliphatic rings. The molecular formula is C7H5BrClF2O3P. The molecule has 0 fully saturated rings. The molecule has 84 valence electrons. The topological polar surface area (TPSA) is 46.5 Å². The van der Waals surface area contributed by atoms with Gasteiger partial charge in [0.1, 0.15) is 0 Å². The lowest BCUT2D eigenvalue weighted by Crippen LogP contribution is -2.15. The molecule has 0 heterocycles. The van der Waals surface area contributed by atoms with Crippen molar-refractivity contribution in [3.05, 3.63) is 33.3 Å². The molecule has 0 saturated heterocycles. The van der Waals surface area contributed by atoms with Crippen LogP contribution >= 0.6 is 35.8 Å². The number of benzene rings is 1. The molecule has 1 aromatic carbocycles. The van der Waals surface area contributed by atoms with Crippen LogP contribution < -0.4 is 0 Å². The van der Waals surface area contributed by atoms with Gasteiger partial charge >= 0.3 is 14.4 Å². The molecule has 0 saturated carbocycles. The number of halogens is 4. The minimum absolute atomic E-state index is 0.00301. The van der Waals surface area contributed by atoms with Crippen LogP contribution in [0.15, 0.2) is 22.7 Å². The first-order valence-electron chi connectivity index (χ1n) is 3.58. The van der Waals surface area contributed by atoms with Crippen molar-refractivity contribution in [3.63, 3.8) is 0 Å². The Balaban J connectivity index is 3.09. The Kier molecular flexibility index (Phi) is 4.26. The molecule has 0 radical (unpaired) electrons. The van der Waals surface area contributed by atoms with Gasteiger partial charge in [-0.05, 0) is 18.2 Å². The van der Waals surface area contributed by atoms with Gasteiger partial charge in [0, 0.05) is 9.50 Å². The third kappa shape index (κ3) is 3.50. The van der Waals surface area contributed by atoms with Crippen LogP contribution in [0.25, 0.3) is 0 Å². The smallest absolute Gasteiger partial charge is 0.326 e. The van der Waals surface area contributed by atoms with E-state index in [1.54, 1.807) is 0 Å². The molecule has 0 amide bonds. The van der Waals surface area contributed by atoms with E-state index in [1.807, 2.05) is 0 Å². The van der Waals surface area contributed by atoms with Gasteiger partial charge < -0.3 is 4.89 Å². The van der Waals surface area contributed by atoms with Gasteiger partial charge in [-0.25, -0.2) is 4.52 Å². The first-order chi connectivity index (χ1) is 6.83. The zero-order valence-electron chi connectivity index (χ0n) is 7.01. The van der Waals surface area contributed by atoms with E-state index in [9.17, 15) is 13.3 Å². The summed E-state index contributed by atoms with van der Waals surface area (Å²) in [6, 6.07) is 3.48. The van der Waals surface area contributed by atoms with Crippen LogP contribution in [0, 0.1) is 0 Å². The van der Waals surface area contributed by atoms with E-state index in [-0.39, 0.29) is 9.50 Å². The van der Waals surface area contributed by atoms with Gasteiger partial charge in [-0.1, -0.05) is 27.5 Å². The first kappa shape index (κ1) is 13.1. The Morgan fingerprint density at radius 1 is 1.53 bits per heavy atom. The fourth-order valence-electron chi connectivity index (χ4n) is 0.890. The third-order valence-electron chi connectivity index (χ3n) is 1.46. The first-order valence-corrected chi connectivity index (χ1v) is 6.01. The molecule has 8 heteroatoms. The number of rotatable bonds is 3. The van der Waals surface area contributed by atoms with Crippen molar-refractivity contribution in [3.8, 4) is 0 Å². The number of hydrogen-bond donors (Lipinski definition) is 1. The molecule has 0 aliphatic heterocycles. The average molecular weight is 321 g/mol. The highest BCUT2D eigenvalue weighted by molar-refractivity contribution is 9.10. The zero-order chi connectivity index (χ0) is 11.6. The Morgan fingerprint density at radius 3 is 2.60 bits per heavy atom. The quantitative estimate of drug-likeness (QED) is 0.866. The lowest BCUT2D eigenvalue weighted by atomic mass is 10.2. The Hall–Kier alpha value is -0.0000000000000000555. The normalized spacial score (nSPS) is 13.9. The second-order valence-electron chi connectivity index (χ2n) is 2.51. The van der Waals surface area contributed by atoms with E-state index in [2.05, 4.69) is 20.5 Å². The molecule has 0 aromatic heterocycles. The van der Waals surface area contributed by atoms with Crippen LogP contribution in [-0.2, 0) is 15.2 Å². The van der Waals surface area contributed by atoms with Gasteiger partial charge in [0.05, 0.1) is 5.56 Å². The van der Waals surface area contributed by atoms with Gasteiger partial charge in [-0.3, -0.25) is 4.57 Å². The molecule has 0 aliphatic carbocycles. The van der Waals surface area contributed by atoms with Crippen molar-refractivity contribution in [1.29, 1.82) is 0 Å². The summed E-state index contributed by atoms with van der Waals surface area (Å²) in [6.45, 7) is 0. The Morgan fingerprint density at radius 2 is 2.13 bits per heavy atom. The van der Waals surface area contributed by atoms with E-state index in [0.29, 0.717) is 0 Å². The van der Waals surface area contributed by atoms with E-state index >= 15 is 0 Å². The standard InChI is InChI=1S/C7H5BrClF2O3P/c8-6-3-4(9)1-2-5(6)7(10,11)14-15(12)13/h1-3,15H,(H,12,13). The van der Waals surface area contributed by atoms with Crippen molar-refractivity contribution in [1.82, 2.24) is 0 Å². The lowest BCUT2D eigenvalue weighted by Gasteiger charge is -2.16. The van der Waals surface area contributed by atoms with E-state index < -0.39 is 19.9 Å². The summed E-state index contributed by atoms with van der Waals surface area (Å²) in [6.07, 6.45) is -3.83. The number of alkyl halides is 2. The van der Waals surface area contributed by atoms with Crippen LogP contribution in [0.4, 0.5) is 8.78 Å². The van der Waals surface area contributed by atoms with Gasteiger partial charge in [0.2, 0.25) is 0 Å². The SMILES string of the molecule is O=[PH](O)OC(F)(F)c1ccc(Cl)cc1Br. The van der Waals surface area contributed by atoms with Gasteiger partial charge in [-0.2, -0.15) is 8.78 Å². The summed E-state index contributed by atoms with van der Waals surface area (Å²) in [5, 5.41) is 0.262. The molecule has 1 N–H and O–H groups in total. The van der Waals surface area contributed by atoms with E-state index in [4.69, 9.17) is 16.5 Å². The summed E-state index contributed by atoms with van der Waals surface area (Å²) < 4.78 is 40.2. The predicted octanol–water partition coefficient (Wildman–Crippen LogP) is 3.55. The third-order valence-corrected chi connectivity index (χ3v) is 2.78. The summed E-state index contributed by atoms with van der Waals surface area (Å²) in [4.78, 5) is 8.30. The molecular weight excluding hydrogens is 316 g/mol. The van der Waals surface area contributed by atoms with Crippen molar-refractivity contribution >= 4 is 35.8 Å².